The fourth-order valence-electron chi connectivity index (χ4n) is 3.59. The molecule has 2 aliphatic rings. The van der Waals surface area contributed by atoms with E-state index in [-0.39, 0.29) is 24.1 Å². The fraction of sp³-hybridized carbons (Fsp3) is 0.550. The van der Waals surface area contributed by atoms with E-state index >= 15 is 0 Å². The lowest BCUT2D eigenvalue weighted by Crippen LogP contribution is -2.52. The summed E-state index contributed by atoms with van der Waals surface area (Å²) in [5.74, 6) is 0.270. The molecule has 2 fully saturated rings. The van der Waals surface area contributed by atoms with E-state index in [0.717, 1.165) is 12.0 Å². The summed E-state index contributed by atoms with van der Waals surface area (Å²) in [4.78, 5) is 27.1. The number of aromatic hydroxyl groups is 1. The Morgan fingerprint density at radius 2 is 2.00 bits per heavy atom. The molecule has 4 atom stereocenters. The number of amides is 2. The summed E-state index contributed by atoms with van der Waals surface area (Å²) in [5.41, 5.74) is 0.114. The molecule has 1 heterocycles. The van der Waals surface area contributed by atoms with Gasteiger partial charge in [0.05, 0.1) is 6.07 Å². The second kappa shape index (κ2) is 7.10. The van der Waals surface area contributed by atoms with Gasteiger partial charge in [0.1, 0.15) is 23.4 Å². The van der Waals surface area contributed by atoms with Crippen LogP contribution in [0.4, 0.5) is 4.79 Å². The van der Waals surface area contributed by atoms with E-state index in [2.05, 4.69) is 11.4 Å². The number of fused-ring (bicyclic) bond motifs is 1. The van der Waals surface area contributed by atoms with Crippen LogP contribution in [-0.2, 0) is 16.0 Å². The van der Waals surface area contributed by atoms with E-state index in [1.807, 2.05) is 0 Å². The van der Waals surface area contributed by atoms with Gasteiger partial charge < -0.3 is 20.1 Å². The summed E-state index contributed by atoms with van der Waals surface area (Å²) in [7, 11) is 0. The largest absolute Gasteiger partial charge is 0.508 e. The van der Waals surface area contributed by atoms with Crippen molar-refractivity contribution < 1.29 is 19.4 Å². The molecule has 2 amide bonds. The summed E-state index contributed by atoms with van der Waals surface area (Å²) in [6.45, 7) is 5.26. The lowest BCUT2D eigenvalue weighted by Gasteiger charge is -2.29. The zero-order chi connectivity index (χ0) is 19.8. The second-order valence-corrected chi connectivity index (χ2v) is 8.26. The van der Waals surface area contributed by atoms with Crippen LogP contribution in [0.15, 0.2) is 24.3 Å². The zero-order valence-electron chi connectivity index (χ0n) is 15.8. The van der Waals surface area contributed by atoms with Crippen LogP contribution in [0.3, 0.4) is 0 Å². The highest BCUT2D eigenvalue weighted by Gasteiger charge is 2.55. The van der Waals surface area contributed by atoms with E-state index in [9.17, 15) is 20.0 Å². The molecule has 0 aromatic heterocycles. The number of carbonyl (C=O) groups excluding carboxylic acids is 2. The average Bonchev–Trinajstić information content (AvgIpc) is 3.24. The molecule has 1 saturated heterocycles. The molecule has 7 heteroatoms. The van der Waals surface area contributed by atoms with Crippen molar-refractivity contribution in [1.29, 1.82) is 5.26 Å². The molecule has 3 rings (SSSR count). The van der Waals surface area contributed by atoms with Crippen LogP contribution in [0.1, 0.15) is 39.2 Å². The number of hydrogen-bond acceptors (Lipinski definition) is 5. The van der Waals surface area contributed by atoms with Crippen molar-refractivity contribution in [2.45, 2.75) is 63.8 Å². The van der Waals surface area contributed by atoms with Gasteiger partial charge in [-0.1, -0.05) is 12.1 Å². The Balaban J connectivity index is 1.78. The third-order valence-electron chi connectivity index (χ3n) is 4.87. The maximum absolute atomic E-state index is 13.2. The molecular formula is C20H25N3O4. The van der Waals surface area contributed by atoms with Gasteiger partial charge in [-0.2, -0.15) is 5.26 Å². The quantitative estimate of drug-likeness (QED) is 0.846. The minimum absolute atomic E-state index is 0.102. The molecule has 0 bridgehead atoms. The first-order valence-electron chi connectivity index (χ1n) is 9.17. The number of nitrogens with one attached hydrogen (secondary N) is 1. The van der Waals surface area contributed by atoms with Gasteiger partial charge in [-0.3, -0.25) is 4.79 Å². The first-order chi connectivity index (χ1) is 12.7. The highest BCUT2D eigenvalue weighted by molar-refractivity contribution is 5.87. The van der Waals surface area contributed by atoms with Gasteiger partial charge in [0.2, 0.25) is 5.91 Å². The van der Waals surface area contributed by atoms with E-state index in [1.165, 1.54) is 12.1 Å². The number of rotatable bonds is 4. The lowest BCUT2D eigenvalue weighted by atomic mass is 10.0. The van der Waals surface area contributed by atoms with Crippen molar-refractivity contribution in [2.75, 3.05) is 0 Å². The summed E-state index contributed by atoms with van der Waals surface area (Å²) in [5, 5.41) is 21.5. The first-order valence-corrected chi connectivity index (χ1v) is 9.17. The van der Waals surface area contributed by atoms with Crippen LogP contribution in [-0.4, -0.2) is 45.7 Å². The van der Waals surface area contributed by atoms with Crippen LogP contribution in [0.5, 0.6) is 5.75 Å². The number of ether oxygens (including phenoxy) is 1. The number of likely N-dealkylation sites (tertiary alicyclic amines) is 1. The van der Waals surface area contributed by atoms with Gasteiger partial charge in [0, 0.05) is 12.5 Å². The van der Waals surface area contributed by atoms with Crippen molar-refractivity contribution in [3.63, 3.8) is 0 Å². The number of nitriles is 1. The molecule has 1 aromatic rings. The molecule has 2 N–H and O–H groups in total. The van der Waals surface area contributed by atoms with Crippen LogP contribution in [0.25, 0.3) is 0 Å². The van der Waals surface area contributed by atoms with Gasteiger partial charge in [-0.25, -0.2) is 4.79 Å². The monoisotopic (exact) mass is 371 g/mol. The number of nitrogens with zero attached hydrogens (tertiary/aromatic N) is 2. The number of phenols is 1. The summed E-state index contributed by atoms with van der Waals surface area (Å²) >= 11 is 0. The Morgan fingerprint density at radius 3 is 2.59 bits per heavy atom. The van der Waals surface area contributed by atoms with Gasteiger partial charge >= 0.3 is 6.09 Å². The van der Waals surface area contributed by atoms with Gasteiger partial charge in [0.15, 0.2) is 0 Å². The minimum atomic E-state index is -0.834. The Labute approximate surface area is 158 Å². The molecule has 1 aliphatic carbocycles. The summed E-state index contributed by atoms with van der Waals surface area (Å²) in [6, 6.07) is 7.52. The van der Waals surface area contributed by atoms with Gasteiger partial charge in [-0.15, -0.1) is 0 Å². The van der Waals surface area contributed by atoms with Crippen molar-refractivity contribution in [3.05, 3.63) is 29.8 Å². The fourth-order valence-corrected chi connectivity index (χ4v) is 3.59. The molecule has 7 nitrogen and oxygen atoms in total. The third kappa shape index (κ3) is 4.51. The number of carbonyl (C=O) groups is 2. The first kappa shape index (κ1) is 19.0. The Hall–Kier alpha value is -2.75. The maximum atomic E-state index is 13.2. The van der Waals surface area contributed by atoms with Gasteiger partial charge in [-0.05, 0) is 57.2 Å². The summed E-state index contributed by atoms with van der Waals surface area (Å²) < 4.78 is 5.30. The number of benzene rings is 1. The van der Waals surface area contributed by atoms with Crippen molar-refractivity contribution >= 4 is 12.0 Å². The normalized spacial score (nSPS) is 24.5. The van der Waals surface area contributed by atoms with Crippen molar-refractivity contribution in [3.8, 4) is 11.8 Å². The Morgan fingerprint density at radius 1 is 1.33 bits per heavy atom. The van der Waals surface area contributed by atoms with E-state index < -0.39 is 23.8 Å². The molecule has 0 spiro atoms. The summed E-state index contributed by atoms with van der Waals surface area (Å²) in [6.07, 6.45) is 1.21. The second-order valence-electron chi connectivity index (χ2n) is 8.26. The molecule has 1 aromatic carbocycles. The SMILES string of the molecule is CC(C)(C)OC(=O)N[C@@H](Cc1ccc(O)cc1)C(=O)N1[C@H](C#N)C[C@@H]2C[C@@H]21. The topological polar surface area (TPSA) is 103 Å². The number of alkyl carbamates (subject to hydrolysis) is 1. The standard InChI is InChI=1S/C20H25N3O4/c1-20(2,3)27-19(26)22-16(8-12-4-6-15(24)7-5-12)18(25)23-14(11-21)9-13-10-17(13)23/h4-7,13-14,16-17,24H,8-10H2,1-3H3,(H,22,26)/t13-,14+,16+,17+/m1/s1. The predicted octanol–water partition coefficient (Wildman–Crippen LogP) is 2.34. The zero-order valence-corrected chi connectivity index (χ0v) is 15.8. The van der Waals surface area contributed by atoms with Gasteiger partial charge in [0.25, 0.3) is 0 Å². The van der Waals surface area contributed by atoms with Crippen LogP contribution in [0.2, 0.25) is 0 Å². The third-order valence-corrected chi connectivity index (χ3v) is 4.87. The highest BCUT2D eigenvalue weighted by Crippen LogP contribution is 2.47. The highest BCUT2D eigenvalue weighted by atomic mass is 16.6. The molecule has 0 unspecified atom stereocenters. The maximum Gasteiger partial charge on any atom is 0.408 e. The molecule has 144 valence electrons. The Kier molecular flexibility index (Phi) is 5.01. The van der Waals surface area contributed by atoms with Crippen LogP contribution in [0, 0.1) is 17.2 Å². The number of phenolic OH excluding ortho intramolecular Hbond substituents is 1. The minimum Gasteiger partial charge on any atom is -0.508 e. The van der Waals surface area contributed by atoms with Crippen LogP contribution >= 0.6 is 0 Å². The molecule has 1 saturated carbocycles. The van der Waals surface area contributed by atoms with E-state index in [1.54, 1.807) is 37.8 Å². The van der Waals surface area contributed by atoms with Crippen molar-refractivity contribution in [2.24, 2.45) is 5.92 Å². The van der Waals surface area contributed by atoms with E-state index in [4.69, 9.17) is 4.74 Å². The lowest BCUT2D eigenvalue weighted by molar-refractivity contribution is -0.134. The van der Waals surface area contributed by atoms with Crippen LogP contribution < -0.4 is 5.32 Å². The number of piperidine rings is 1. The molecule has 1 aliphatic heterocycles. The predicted molar refractivity (Wildman–Crippen MR) is 97.7 cm³/mol. The smallest absolute Gasteiger partial charge is 0.408 e. The van der Waals surface area contributed by atoms with E-state index in [0.29, 0.717) is 12.3 Å². The van der Waals surface area contributed by atoms with Crippen molar-refractivity contribution in [1.82, 2.24) is 10.2 Å². The molecule has 0 radical (unpaired) electrons. The molecule has 27 heavy (non-hydrogen) atoms. The molecular weight excluding hydrogens is 346 g/mol. The number of hydrogen-bond donors (Lipinski definition) is 2. The Bertz CT molecular complexity index is 763. The average molecular weight is 371 g/mol.